The minimum Gasteiger partial charge on any atom is -0.481 e. The van der Waals surface area contributed by atoms with E-state index in [1.807, 2.05) is 0 Å². The molecule has 0 radical (unpaired) electrons. The molecule has 26 heavy (non-hydrogen) atoms. The number of methoxy groups -OCH3 is 2. The predicted molar refractivity (Wildman–Crippen MR) is 95.9 cm³/mol. The van der Waals surface area contributed by atoms with Gasteiger partial charge in [-0.1, -0.05) is 29.3 Å². The van der Waals surface area contributed by atoms with E-state index in [0.717, 1.165) is 4.52 Å². The zero-order valence-electron chi connectivity index (χ0n) is 13.8. The summed E-state index contributed by atoms with van der Waals surface area (Å²) in [4.78, 5) is 8.01. The predicted octanol–water partition coefficient (Wildman–Crippen LogP) is 2.56. The molecule has 0 amide bonds. The van der Waals surface area contributed by atoms with E-state index in [0.29, 0.717) is 5.56 Å². The number of nitrogens with one attached hydrogen (secondary N) is 1. The van der Waals surface area contributed by atoms with Crippen LogP contribution in [0.1, 0.15) is 5.56 Å². The van der Waals surface area contributed by atoms with Gasteiger partial charge >= 0.3 is 6.01 Å². The van der Waals surface area contributed by atoms with E-state index in [1.165, 1.54) is 26.4 Å². The van der Waals surface area contributed by atoms with E-state index < -0.39 is 15.2 Å². The van der Waals surface area contributed by atoms with Crippen molar-refractivity contribution < 1.29 is 17.9 Å². The van der Waals surface area contributed by atoms with E-state index in [2.05, 4.69) is 19.8 Å². The van der Waals surface area contributed by atoms with E-state index >= 15 is 0 Å². The molecule has 2 heterocycles. The van der Waals surface area contributed by atoms with E-state index in [9.17, 15) is 8.42 Å². The van der Waals surface area contributed by atoms with Crippen LogP contribution >= 0.6 is 23.2 Å². The van der Waals surface area contributed by atoms with E-state index in [4.69, 9.17) is 32.7 Å². The molecular formula is C14H13Cl2N5O4S. The molecule has 0 aliphatic carbocycles. The van der Waals surface area contributed by atoms with Crippen molar-refractivity contribution in [3.05, 3.63) is 33.8 Å². The van der Waals surface area contributed by atoms with Gasteiger partial charge in [-0.05, 0) is 18.6 Å². The van der Waals surface area contributed by atoms with Gasteiger partial charge in [0, 0.05) is 6.07 Å². The molecule has 0 aliphatic heterocycles. The summed E-state index contributed by atoms with van der Waals surface area (Å²) in [5, 5.41) is 3.77. The van der Waals surface area contributed by atoms with Crippen LogP contribution in [0.2, 0.25) is 10.0 Å². The van der Waals surface area contributed by atoms with Gasteiger partial charge in [-0.3, -0.25) is 4.72 Å². The Morgan fingerprint density at radius 2 is 1.88 bits per heavy atom. The number of hydrogen-bond acceptors (Lipinski definition) is 7. The number of anilines is 1. The molecule has 3 aromatic rings. The maximum absolute atomic E-state index is 12.7. The number of ether oxygens (including phenoxy) is 2. The number of sulfonamides is 1. The van der Waals surface area contributed by atoms with Gasteiger partial charge in [-0.15, -0.1) is 5.10 Å². The molecule has 138 valence electrons. The highest BCUT2D eigenvalue weighted by molar-refractivity contribution is 7.92. The fourth-order valence-electron chi connectivity index (χ4n) is 2.10. The van der Waals surface area contributed by atoms with Crippen molar-refractivity contribution in [1.29, 1.82) is 0 Å². The molecule has 0 atom stereocenters. The average Bonchev–Trinajstić information content (AvgIpc) is 3.06. The van der Waals surface area contributed by atoms with Crippen LogP contribution in [0.25, 0.3) is 5.65 Å². The minimum absolute atomic E-state index is 0.0138. The highest BCUT2D eigenvalue weighted by atomic mass is 35.5. The van der Waals surface area contributed by atoms with Crippen molar-refractivity contribution in [2.45, 2.75) is 12.1 Å². The summed E-state index contributed by atoms with van der Waals surface area (Å²) in [5.74, 6) is 0.198. The van der Waals surface area contributed by atoms with Crippen LogP contribution in [0.3, 0.4) is 0 Å². The van der Waals surface area contributed by atoms with Gasteiger partial charge in [0.2, 0.25) is 5.88 Å². The second kappa shape index (κ2) is 6.78. The lowest BCUT2D eigenvalue weighted by atomic mass is 10.2. The standard InChI is InChI=1S/C14H13Cl2N5O4S/c1-7-4-5-8(15)12(11(7)16)20-26(22,23)13-17-9-6-10(24-2)18-14(25-3)21(9)19-13/h4-6,20H,1-3H3. The molecule has 1 aromatic carbocycles. The zero-order chi connectivity index (χ0) is 19.1. The van der Waals surface area contributed by atoms with Gasteiger partial charge in [-0.25, -0.2) is 0 Å². The summed E-state index contributed by atoms with van der Waals surface area (Å²) in [6.07, 6.45) is 0. The van der Waals surface area contributed by atoms with Gasteiger partial charge < -0.3 is 9.47 Å². The molecule has 0 bridgehead atoms. The Kier molecular flexibility index (Phi) is 4.82. The Hall–Kier alpha value is -2.30. The number of fused-ring (bicyclic) bond motifs is 1. The summed E-state index contributed by atoms with van der Waals surface area (Å²) in [6, 6.07) is 4.64. The van der Waals surface area contributed by atoms with Crippen molar-refractivity contribution in [3.8, 4) is 11.9 Å². The Morgan fingerprint density at radius 1 is 1.15 bits per heavy atom. The quantitative estimate of drug-likeness (QED) is 0.679. The molecule has 12 heteroatoms. The third-order valence-corrected chi connectivity index (χ3v) is 5.33. The second-order valence-corrected chi connectivity index (χ2v) is 7.47. The minimum atomic E-state index is -4.17. The first-order valence-electron chi connectivity index (χ1n) is 7.10. The summed E-state index contributed by atoms with van der Waals surface area (Å²) < 4.78 is 38.9. The Labute approximate surface area is 158 Å². The number of aromatic nitrogens is 4. The van der Waals surface area contributed by atoms with E-state index in [-0.39, 0.29) is 33.3 Å². The van der Waals surface area contributed by atoms with Gasteiger partial charge in [0.05, 0.1) is 30.0 Å². The third-order valence-electron chi connectivity index (χ3n) is 3.41. The van der Waals surface area contributed by atoms with Crippen LogP contribution in [-0.4, -0.2) is 42.2 Å². The molecular weight excluding hydrogens is 405 g/mol. The van der Waals surface area contributed by atoms with Crippen molar-refractivity contribution in [3.63, 3.8) is 0 Å². The number of aryl methyl sites for hydroxylation is 1. The number of hydrogen-bond donors (Lipinski definition) is 1. The normalized spacial score (nSPS) is 11.6. The van der Waals surface area contributed by atoms with Crippen molar-refractivity contribution in [2.75, 3.05) is 18.9 Å². The Bertz CT molecular complexity index is 1100. The summed E-state index contributed by atoms with van der Waals surface area (Å²) in [6.45, 7) is 1.72. The largest absolute Gasteiger partial charge is 0.481 e. The molecule has 0 unspecified atom stereocenters. The number of nitrogens with zero attached hydrogens (tertiary/aromatic N) is 4. The molecule has 9 nitrogen and oxygen atoms in total. The molecule has 0 fully saturated rings. The summed E-state index contributed by atoms with van der Waals surface area (Å²) in [7, 11) is -1.39. The number of rotatable bonds is 5. The number of halogens is 2. The van der Waals surface area contributed by atoms with Crippen molar-refractivity contribution in [2.24, 2.45) is 0 Å². The molecule has 2 aromatic heterocycles. The van der Waals surface area contributed by atoms with Gasteiger partial charge in [0.15, 0.2) is 5.65 Å². The molecule has 1 N–H and O–H groups in total. The monoisotopic (exact) mass is 417 g/mol. The van der Waals surface area contributed by atoms with Crippen LogP contribution in [-0.2, 0) is 10.0 Å². The highest BCUT2D eigenvalue weighted by Crippen LogP contribution is 2.34. The zero-order valence-corrected chi connectivity index (χ0v) is 16.1. The molecule has 0 aliphatic rings. The van der Waals surface area contributed by atoms with E-state index in [1.54, 1.807) is 13.0 Å². The first-order chi connectivity index (χ1) is 12.3. The van der Waals surface area contributed by atoms with Crippen molar-refractivity contribution in [1.82, 2.24) is 19.6 Å². The topological polar surface area (TPSA) is 108 Å². The first kappa shape index (κ1) is 18.5. The maximum Gasteiger partial charge on any atom is 0.322 e. The second-order valence-electron chi connectivity index (χ2n) is 5.11. The third kappa shape index (κ3) is 3.22. The summed E-state index contributed by atoms with van der Waals surface area (Å²) >= 11 is 12.2. The van der Waals surface area contributed by atoms with Crippen LogP contribution in [0.5, 0.6) is 11.9 Å². The van der Waals surface area contributed by atoms with Gasteiger partial charge in [-0.2, -0.15) is 22.9 Å². The summed E-state index contributed by atoms with van der Waals surface area (Å²) in [5.41, 5.74) is 0.887. The Balaban J connectivity index is 2.09. The smallest absolute Gasteiger partial charge is 0.322 e. The molecule has 3 rings (SSSR count). The fourth-order valence-corrected chi connectivity index (χ4v) is 3.66. The molecule has 0 saturated carbocycles. The fraction of sp³-hybridized carbons (Fsp3) is 0.214. The van der Waals surface area contributed by atoms with Crippen LogP contribution < -0.4 is 14.2 Å². The Morgan fingerprint density at radius 3 is 2.54 bits per heavy atom. The number of benzene rings is 1. The highest BCUT2D eigenvalue weighted by Gasteiger charge is 2.25. The van der Waals surface area contributed by atoms with Crippen LogP contribution in [0, 0.1) is 6.92 Å². The molecule has 0 saturated heterocycles. The lowest BCUT2D eigenvalue weighted by Crippen LogP contribution is -2.15. The maximum atomic E-state index is 12.7. The average molecular weight is 418 g/mol. The lowest BCUT2D eigenvalue weighted by molar-refractivity contribution is 0.343. The van der Waals surface area contributed by atoms with Crippen molar-refractivity contribution >= 4 is 44.6 Å². The van der Waals surface area contributed by atoms with Gasteiger partial charge in [0.25, 0.3) is 15.2 Å². The lowest BCUT2D eigenvalue weighted by Gasteiger charge is -2.10. The van der Waals surface area contributed by atoms with Crippen LogP contribution in [0.4, 0.5) is 5.69 Å². The first-order valence-corrected chi connectivity index (χ1v) is 9.34. The SMILES string of the molecule is COc1cc2nc(S(=O)(=O)Nc3c(Cl)ccc(C)c3Cl)nn2c(OC)n1. The van der Waals surface area contributed by atoms with Gasteiger partial charge in [0.1, 0.15) is 0 Å². The molecule has 0 spiro atoms. The van der Waals surface area contributed by atoms with Crippen LogP contribution in [0.15, 0.2) is 23.4 Å².